The molecular formula is C28H29N5O3. The van der Waals surface area contributed by atoms with E-state index in [1.165, 1.54) is 0 Å². The van der Waals surface area contributed by atoms with Crippen molar-refractivity contribution in [3.63, 3.8) is 0 Å². The second-order valence-electron chi connectivity index (χ2n) is 9.34. The van der Waals surface area contributed by atoms with Gasteiger partial charge in [0.1, 0.15) is 11.9 Å². The van der Waals surface area contributed by atoms with E-state index >= 15 is 0 Å². The van der Waals surface area contributed by atoms with Crippen molar-refractivity contribution < 1.29 is 13.9 Å². The summed E-state index contributed by atoms with van der Waals surface area (Å²) in [5, 5.41) is 0.956. The van der Waals surface area contributed by atoms with E-state index < -0.39 is 0 Å². The largest absolute Gasteiger partial charge is 0.485 e. The highest BCUT2D eigenvalue weighted by Gasteiger charge is 2.34. The van der Waals surface area contributed by atoms with E-state index in [4.69, 9.17) is 9.15 Å². The Balaban J connectivity index is 1.07. The normalized spacial score (nSPS) is 16.8. The molecule has 1 amide bonds. The lowest BCUT2D eigenvalue weighted by molar-refractivity contribution is 0.0155. The zero-order valence-corrected chi connectivity index (χ0v) is 20.1. The maximum Gasteiger partial charge on any atom is 0.289 e. The molecule has 2 aliphatic heterocycles. The van der Waals surface area contributed by atoms with Crippen molar-refractivity contribution >= 4 is 22.6 Å². The van der Waals surface area contributed by atoms with Crippen LogP contribution in [0.1, 0.15) is 16.2 Å². The van der Waals surface area contributed by atoms with Gasteiger partial charge >= 0.3 is 0 Å². The number of nitrogens with zero attached hydrogens (tertiary/aromatic N) is 5. The summed E-state index contributed by atoms with van der Waals surface area (Å²) in [5.41, 5.74) is 2.97. The minimum Gasteiger partial charge on any atom is -0.485 e. The number of furan rings is 1. The van der Waals surface area contributed by atoms with E-state index in [9.17, 15) is 4.79 Å². The summed E-state index contributed by atoms with van der Waals surface area (Å²) in [6.45, 7) is 5.91. The highest BCUT2D eigenvalue weighted by molar-refractivity contribution is 5.99. The molecule has 3 aromatic heterocycles. The van der Waals surface area contributed by atoms with Crippen molar-refractivity contribution in [1.82, 2.24) is 19.8 Å². The Kier molecular flexibility index (Phi) is 6.26. The highest BCUT2D eigenvalue weighted by atomic mass is 16.5. The number of anilines is 1. The Labute approximate surface area is 210 Å². The molecule has 0 radical (unpaired) electrons. The first kappa shape index (κ1) is 22.5. The van der Waals surface area contributed by atoms with Crippen LogP contribution in [0.25, 0.3) is 11.0 Å². The van der Waals surface area contributed by atoms with Crippen LogP contribution in [0, 0.1) is 0 Å². The number of rotatable bonds is 7. The van der Waals surface area contributed by atoms with Crippen LogP contribution in [0.5, 0.6) is 5.75 Å². The molecule has 5 heterocycles. The Morgan fingerprint density at radius 3 is 2.67 bits per heavy atom. The minimum atomic E-state index is -0.0949. The fraction of sp³-hybridized carbons (Fsp3) is 0.321. The molecule has 4 aromatic rings. The SMILES string of the molecule is O=C(c1cc2cccc(N3CCN(CCc4ccccn4)CC3)c2o1)N1CC(Oc2cccnc2)C1. The van der Waals surface area contributed by atoms with Gasteiger partial charge in [-0.25, -0.2) is 0 Å². The second-order valence-corrected chi connectivity index (χ2v) is 9.34. The lowest BCUT2D eigenvalue weighted by Gasteiger charge is -2.38. The molecule has 0 atom stereocenters. The van der Waals surface area contributed by atoms with Crippen LogP contribution in [-0.2, 0) is 6.42 Å². The van der Waals surface area contributed by atoms with Crippen LogP contribution < -0.4 is 9.64 Å². The number of benzene rings is 1. The average Bonchev–Trinajstić information content (AvgIpc) is 3.35. The molecule has 8 nitrogen and oxygen atoms in total. The number of carbonyl (C=O) groups excluding carboxylic acids is 1. The van der Waals surface area contributed by atoms with Crippen LogP contribution in [-0.4, -0.2) is 77.6 Å². The first-order valence-electron chi connectivity index (χ1n) is 12.5. The smallest absolute Gasteiger partial charge is 0.289 e. The van der Waals surface area contributed by atoms with Crippen LogP contribution in [0.2, 0.25) is 0 Å². The third-order valence-electron chi connectivity index (χ3n) is 6.93. The number of likely N-dealkylation sites (tertiary alicyclic amines) is 1. The van der Waals surface area contributed by atoms with Gasteiger partial charge in [-0.3, -0.25) is 19.7 Å². The Morgan fingerprint density at radius 1 is 1.00 bits per heavy atom. The summed E-state index contributed by atoms with van der Waals surface area (Å²) in [6, 6.07) is 17.8. The molecule has 184 valence electrons. The Bertz CT molecular complexity index is 1310. The monoisotopic (exact) mass is 483 g/mol. The fourth-order valence-corrected chi connectivity index (χ4v) is 4.88. The number of piperazine rings is 1. The predicted octanol–water partition coefficient (Wildman–Crippen LogP) is 3.49. The number of hydrogen-bond donors (Lipinski definition) is 0. The maximum atomic E-state index is 13.1. The molecule has 0 bridgehead atoms. The predicted molar refractivity (Wildman–Crippen MR) is 137 cm³/mol. The lowest BCUT2D eigenvalue weighted by atomic mass is 10.1. The molecule has 0 saturated carbocycles. The molecule has 6 rings (SSSR count). The van der Waals surface area contributed by atoms with Gasteiger partial charge in [-0.05, 0) is 36.4 Å². The summed E-state index contributed by atoms with van der Waals surface area (Å²) >= 11 is 0. The van der Waals surface area contributed by atoms with Gasteiger partial charge in [0.15, 0.2) is 11.3 Å². The molecule has 2 aliphatic rings. The summed E-state index contributed by atoms with van der Waals surface area (Å²) < 4.78 is 12.0. The molecule has 36 heavy (non-hydrogen) atoms. The van der Waals surface area contributed by atoms with Crippen molar-refractivity contribution in [2.45, 2.75) is 12.5 Å². The van der Waals surface area contributed by atoms with Crippen molar-refractivity contribution in [2.24, 2.45) is 0 Å². The van der Waals surface area contributed by atoms with Crippen LogP contribution in [0.3, 0.4) is 0 Å². The number of ether oxygens (including phenoxy) is 1. The van der Waals surface area contributed by atoms with E-state index in [1.807, 2.05) is 48.7 Å². The quantitative estimate of drug-likeness (QED) is 0.398. The number of hydrogen-bond acceptors (Lipinski definition) is 7. The Hall–Kier alpha value is -3.91. The molecule has 8 heteroatoms. The van der Waals surface area contributed by atoms with Gasteiger partial charge in [0.05, 0.1) is 25.0 Å². The fourth-order valence-electron chi connectivity index (χ4n) is 4.88. The molecular weight excluding hydrogens is 454 g/mol. The third kappa shape index (κ3) is 4.77. The van der Waals surface area contributed by atoms with Crippen LogP contribution in [0.4, 0.5) is 5.69 Å². The lowest BCUT2D eigenvalue weighted by Crippen LogP contribution is -2.56. The number of amides is 1. The van der Waals surface area contributed by atoms with Gasteiger partial charge < -0.3 is 19.0 Å². The minimum absolute atomic E-state index is 0.0212. The topological polar surface area (TPSA) is 74.9 Å². The summed E-state index contributed by atoms with van der Waals surface area (Å²) in [4.78, 5) is 28.2. The van der Waals surface area contributed by atoms with Crippen LogP contribution >= 0.6 is 0 Å². The van der Waals surface area contributed by atoms with Crippen molar-refractivity contribution in [2.75, 3.05) is 50.7 Å². The number of carbonyl (C=O) groups is 1. The summed E-state index contributed by atoms with van der Waals surface area (Å²) in [7, 11) is 0. The molecule has 2 fully saturated rings. The van der Waals surface area contributed by atoms with Gasteiger partial charge in [0.2, 0.25) is 0 Å². The zero-order chi connectivity index (χ0) is 24.3. The number of pyridine rings is 2. The Morgan fingerprint density at radius 2 is 1.89 bits per heavy atom. The van der Waals surface area contributed by atoms with E-state index in [2.05, 4.69) is 31.9 Å². The van der Waals surface area contributed by atoms with Gasteiger partial charge in [-0.15, -0.1) is 0 Å². The van der Waals surface area contributed by atoms with E-state index in [0.717, 1.165) is 67.2 Å². The van der Waals surface area contributed by atoms with Crippen molar-refractivity contribution in [1.29, 1.82) is 0 Å². The van der Waals surface area contributed by atoms with Gasteiger partial charge in [-0.1, -0.05) is 18.2 Å². The maximum absolute atomic E-state index is 13.1. The zero-order valence-electron chi connectivity index (χ0n) is 20.1. The van der Waals surface area contributed by atoms with Crippen LogP contribution in [0.15, 0.2) is 77.6 Å². The molecule has 2 saturated heterocycles. The first-order valence-corrected chi connectivity index (χ1v) is 12.5. The van der Waals surface area contributed by atoms with E-state index in [-0.39, 0.29) is 12.0 Å². The standard InChI is InChI=1S/C28H29N5O3/c34-28(33-19-24(20-33)35-23-7-4-10-29-18-23)26-17-21-5-3-8-25(27(21)36-26)32-15-13-31(14-16-32)12-9-22-6-1-2-11-30-22/h1-8,10-11,17-18,24H,9,12-16,19-20H2. The molecule has 0 aliphatic carbocycles. The average molecular weight is 484 g/mol. The first-order chi connectivity index (χ1) is 17.7. The van der Waals surface area contributed by atoms with Gasteiger partial charge in [-0.2, -0.15) is 0 Å². The van der Waals surface area contributed by atoms with E-state index in [0.29, 0.717) is 18.8 Å². The highest BCUT2D eigenvalue weighted by Crippen LogP contribution is 2.31. The van der Waals surface area contributed by atoms with Crippen molar-refractivity contribution in [3.05, 3.63) is 84.6 Å². The second kappa shape index (κ2) is 9.99. The third-order valence-corrected chi connectivity index (χ3v) is 6.93. The molecule has 0 N–H and O–H groups in total. The van der Waals surface area contributed by atoms with E-state index in [1.54, 1.807) is 17.3 Å². The summed E-state index contributed by atoms with van der Waals surface area (Å²) in [6.07, 6.45) is 6.19. The molecule has 0 unspecified atom stereocenters. The number of aromatic nitrogens is 2. The number of para-hydroxylation sites is 1. The number of fused-ring (bicyclic) bond motifs is 1. The molecule has 1 aromatic carbocycles. The van der Waals surface area contributed by atoms with Gasteiger partial charge in [0, 0.05) is 62.6 Å². The summed E-state index contributed by atoms with van der Waals surface area (Å²) in [5.74, 6) is 1.01. The van der Waals surface area contributed by atoms with Gasteiger partial charge in [0.25, 0.3) is 5.91 Å². The van der Waals surface area contributed by atoms with Crippen molar-refractivity contribution in [3.8, 4) is 5.75 Å². The molecule has 0 spiro atoms.